The number of nitrogens with two attached hydrogens (primary N) is 1. The largest absolute Gasteiger partial charge is 0.339 e. The summed E-state index contributed by atoms with van der Waals surface area (Å²) in [5, 5.41) is 4.51. The van der Waals surface area contributed by atoms with E-state index in [0.29, 0.717) is 5.78 Å². The molecule has 0 saturated carbocycles. The highest BCUT2D eigenvalue weighted by Crippen LogP contribution is 2.18. The third-order valence-corrected chi connectivity index (χ3v) is 3.50. The van der Waals surface area contributed by atoms with Crippen LogP contribution in [0.3, 0.4) is 0 Å². The van der Waals surface area contributed by atoms with E-state index in [4.69, 9.17) is 5.84 Å². The van der Waals surface area contributed by atoms with Crippen LogP contribution in [0.25, 0.3) is 5.78 Å². The predicted octanol–water partition coefficient (Wildman–Crippen LogP) is 0.963. The Morgan fingerprint density at radius 3 is 2.74 bits per heavy atom. The zero-order chi connectivity index (χ0) is 13.2. The molecule has 0 bridgehead atoms. The molecular weight excluding hydrogens is 242 g/mol. The van der Waals surface area contributed by atoms with Crippen molar-refractivity contribution < 1.29 is 0 Å². The lowest BCUT2D eigenvalue weighted by Crippen LogP contribution is -2.30. The highest BCUT2D eigenvalue weighted by Gasteiger charge is 2.17. The Kier molecular flexibility index (Phi) is 3.20. The number of anilines is 2. The first-order valence-corrected chi connectivity index (χ1v) is 6.80. The number of nitrogen functional groups attached to an aromatic ring is 1. The van der Waals surface area contributed by atoms with E-state index in [0.717, 1.165) is 37.0 Å². The van der Waals surface area contributed by atoms with Crippen LogP contribution in [-0.2, 0) is 6.42 Å². The van der Waals surface area contributed by atoms with Gasteiger partial charge in [-0.3, -0.25) is 0 Å². The average Bonchev–Trinajstić information content (AvgIpc) is 2.91. The Morgan fingerprint density at radius 2 is 2.05 bits per heavy atom. The molecule has 3 heterocycles. The number of piperidine rings is 1. The highest BCUT2D eigenvalue weighted by molar-refractivity contribution is 5.48. The molecule has 0 amide bonds. The summed E-state index contributed by atoms with van der Waals surface area (Å²) in [5.41, 5.74) is 3.62. The van der Waals surface area contributed by atoms with E-state index >= 15 is 0 Å². The predicted molar refractivity (Wildman–Crippen MR) is 74.0 cm³/mol. The van der Waals surface area contributed by atoms with Gasteiger partial charge in [0.1, 0.15) is 5.82 Å². The molecule has 0 unspecified atom stereocenters. The third kappa shape index (κ3) is 2.21. The molecule has 1 saturated heterocycles. The van der Waals surface area contributed by atoms with Gasteiger partial charge in [-0.05, 0) is 25.7 Å². The molecular formula is C12H19N7. The zero-order valence-corrected chi connectivity index (χ0v) is 11.1. The fraction of sp³-hybridized carbons (Fsp3) is 0.583. The number of hydrazine groups is 1. The standard InChI is InChI=1S/C12H19N7/c1-2-9-8-10(16-13)19-11(14-9)15-12(17-19)18-6-4-3-5-7-18/h8,16H,2-7,13H2,1H3. The maximum atomic E-state index is 5.55. The molecule has 7 nitrogen and oxygen atoms in total. The summed E-state index contributed by atoms with van der Waals surface area (Å²) in [4.78, 5) is 11.2. The van der Waals surface area contributed by atoms with Gasteiger partial charge < -0.3 is 10.3 Å². The molecule has 3 N–H and O–H groups in total. The van der Waals surface area contributed by atoms with Crippen LogP contribution in [0.15, 0.2) is 6.07 Å². The van der Waals surface area contributed by atoms with Crippen molar-refractivity contribution in [2.75, 3.05) is 23.4 Å². The van der Waals surface area contributed by atoms with Crippen molar-refractivity contribution >= 4 is 17.5 Å². The molecule has 102 valence electrons. The number of aryl methyl sites for hydroxylation is 1. The Hall–Kier alpha value is -1.89. The molecule has 7 heteroatoms. The van der Waals surface area contributed by atoms with Crippen molar-refractivity contribution in [1.82, 2.24) is 19.6 Å². The molecule has 0 atom stereocenters. The summed E-state index contributed by atoms with van der Waals surface area (Å²) in [6.45, 7) is 4.09. The number of nitrogens with zero attached hydrogens (tertiary/aromatic N) is 5. The number of hydrogen-bond donors (Lipinski definition) is 2. The van der Waals surface area contributed by atoms with E-state index in [2.05, 4.69) is 32.3 Å². The molecule has 0 radical (unpaired) electrons. The van der Waals surface area contributed by atoms with Crippen LogP contribution in [0, 0.1) is 0 Å². The zero-order valence-electron chi connectivity index (χ0n) is 11.1. The van der Waals surface area contributed by atoms with Crippen molar-refractivity contribution in [2.45, 2.75) is 32.6 Å². The second-order valence-electron chi connectivity index (χ2n) is 4.80. The summed E-state index contributed by atoms with van der Waals surface area (Å²) in [6, 6.07) is 1.90. The minimum absolute atomic E-state index is 0.605. The van der Waals surface area contributed by atoms with E-state index < -0.39 is 0 Å². The van der Waals surface area contributed by atoms with E-state index in [1.165, 1.54) is 19.3 Å². The van der Waals surface area contributed by atoms with Gasteiger partial charge in [-0.15, -0.1) is 5.10 Å². The summed E-state index contributed by atoms with van der Waals surface area (Å²) in [5.74, 6) is 7.62. The van der Waals surface area contributed by atoms with Crippen LogP contribution in [0.2, 0.25) is 0 Å². The number of aromatic nitrogens is 4. The Labute approximate surface area is 111 Å². The number of fused-ring (bicyclic) bond motifs is 1. The number of nitrogens with one attached hydrogen (secondary N) is 1. The van der Waals surface area contributed by atoms with Crippen molar-refractivity contribution in [3.05, 3.63) is 11.8 Å². The summed E-state index contributed by atoms with van der Waals surface area (Å²) in [7, 11) is 0. The lowest BCUT2D eigenvalue weighted by Gasteiger charge is -2.24. The van der Waals surface area contributed by atoms with Gasteiger partial charge in [0.05, 0.1) is 0 Å². The summed E-state index contributed by atoms with van der Waals surface area (Å²) < 4.78 is 1.67. The first-order chi connectivity index (χ1) is 9.31. The Bertz CT molecular complexity index is 571. The van der Waals surface area contributed by atoms with Gasteiger partial charge in [-0.1, -0.05) is 6.92 Å². The second-order valence-corrected chi connectivity index (χ2v) is 4.80. The number of hydrogen-bond acceptors (Lipinski definition) is 6. The molecule has 2 aromatic heterocycles. The van der Waals surface area contributed by atoms with E-state index in [1.807, 2.05) is 6.07 Å². The Balaban J connectivity index is 2.03. The van der Waals surface area contributed by atoms with Crippen molar-refractivity contribution in [1.29, 1.82) is 0 Å². The first kappa shape index (κ1) is 12.2. The fourth-order valence-electron chi connectivity index (χ4n) is 2.42. The smallest absolute Gasteiger partial charge is 0.256 e. The molecule has 0 spiro atoms. The van der Waals surface area contributed by atoms with Gasteiger partial charge in [-0.2, -0.15) is 9.50 Å². The maximum absolute atomic E-state index is 5.55. The van der Waals surface area contributed by atoms with Crippen LogP contribution in [-0.4, -0.2) is 32.7 Å². The highest BCUT2D eigenvalue weighted by atomic mass is 15.5. The molecule has 0 aliphatic carbocycles. The van der Waals surface area contributed by atoms with Crippen LogP contribution in [0.5, 0.6) is 0 Å². The van der Waals surface area contributed by atoms with Crippen LogP contribution in [0.4, 0.5) is 11.8 Å². The van der Waals surface area contributed by atoms with Crippen molar-refractivity contribution in [2.24, 2.45) is 5.84 Å². The fourth-order valence-corrected chi connectivity index (χ4v) is 2.42. The lowest BCUT2D eigenvalue weighted by atomic mass is 10.1. The molecule has 19 heavy (non-hydrogen) atoms. The lowest BCUT2D eigenvalue weighted by molar-refractivity contribution is 0.568. The van der Waals surface area contributed by atoms with Gasteiger partial charge in [0.2, 0.25) is 5.95 Å². The monoisotopic (exact) mass is 261 g/mol. The third-order valence-electron chi connectivity index (χ3n) is 3.50. The van der Waals surface area contributed by atoms with Crippen LogP contribution in [0.1, 0.15) is 31.9 Å². The first-order valence-electron chi connectivity index (χ1n) is 6.80. The summed E-state index contributed by atoms with van der Waals surface area (Å²) >= 11 is 0. The molecule has 0 aromatic carbocycles. The summed E-state index contributed by atoms with van der Waals surface area (Å²) in [6.07, 6.45) is 4.53. The van der Waals surface area contributed by atoms with E-state index in [-0.39, 0.29) is 0 Å². The molecule has 3 rings (SSSR count). The second kappa shape index (κ2) is 5.00. The van der Waals surface area contributed by atoms with E-state index in [9.17, 15) is 0 Å². The van der Waals surface area contributed by atoms with Gasteiger partial charge in [-0.25, -0.2) is 10.8 Å². The number of rotatable bonds is 3. The van der Waals surface area contributed by atoms with Crippen LogP contribution >= 0.6 is 0 Å². The minimum atomic E-state index is 0.605. The van der Waals surface area contributed by atoms with Gasteiger partial charge >= 0.3 is 0 Å². The van der Waals surface area contributed by atoms with Gasteiger partial charge in [0.15, 0.2) is 0 Å². The Morgan fingerprint density at radius 1 is 1.26 bits per heavy atom. The molecule has 1 fully saturated rings. The minimum Gasteiger partial charge on any atom is -0.339 e. The van der Waals surface area contributed by atoms with Crippen molar-refractivity contribution in [3.8, 4) is 0 Å². The average molecular weight is 261 g/mol. The molecule has 2 aromatic rings. The van der Waals surface area contributed by atoms with Gasteiger partial charge in [0.25, 0.3) is 5.78 Å². The SMILES string of the molecule is CCc1cc(NN)n2nc(N3CCCCC3)nc2n1. The van der Waals surface area contributed by atoms with Gasteiger partial charge in [0, 0.05) is 24.8 Å². The van der Waals surface area contributed by atoms with Crippen molar-refractivity contribution in [3.63, 3.8) is 0 Å². The molecule has 1 aliphatic heterocycles. The maximum Gasteiger partial charge on any atom is 0.256 e. The van der Waals surface area contributed by atoms with Crippen LogP contribution < -0.4 is 16.2 Å². The van der Waals surface area contributed by atoms with E-state index in [1.54, 1.807) is 4.52 Å². The quantitative estimate of drug-likeness (QED) is 0.632. The normalized spacial score (nSPS) is 16.0. The molecule has 1 aliphatic rings. The topological polar surface area (TPSA) is 84.4 Å².